The Bertz CT molecular complexity index is 762. The van der Waals surface area contributed by atoms with Crippen molar-refractivity contribution in [2.24, 2.45) is 0 Å². The molecule has 0 saturated carbocycles. The van der Waals surface area contributed by atoms with Gasteiger partial charge in [-0.15, -0.1) is 0 Å². The fourth-order valence-electron chi connectivity index (χ4n) is 2.23. The molecule has 106 valence electrons. The summed E-state index contributed by atoms with van der Waals surface area (Å²) in [5, 5.41) is 1.07. The molecule has 21 heavy (non-hydrogen) atoms. The van der Waals surface area contributed by atoms with E-state index in [9.17, 15) is 4.79 Å². The van der Waals surface area contributed by atoms with Gasteiger partial charge >= 0.3 is 5.97 Å². The first-order valence-corrected chi connectivity index (χ1v) is 7.47. The summed E-state index contributed by atoms with van der Waals surface area (Å²) in [5.41, 5.74) is 2.98. The number of esters is 1. The normalized spacial score (nSPS) is 10.7. The van der Waals surface area contributed by atoms with Crippen molar-refractivity contribution in [3.63, 3.8) is 0 Å². The molecule has 0 aliphatic carbocycles. The SMILES string of the molecule is O=C(Cc1c[nH]c2ccccc12)OCc1ccc(Br)cc1. The molecule has 0 fully saturated rings. The van der Waals surface area contributed by atoms with Gasteiger partial charge in [0.05, 0.1) is 6.42 Å². The Morgan fingerprint density at radius 3 is 2.67 bits per heavy atom. The number of halogens is 1. The minimum atomic E-state index is -0.220. The van der Waals surface area contributed by atoms with E-state index in [0.29, 0.717) is 6.61 Å². The summed E-state index contributed by atoms with van der Waals surface area (Å²) in [6.07, 6.45) is 2.14. The molecule has 0 saturated heterocycles. The molecule has 0 aliphatic rings. The number of ether oxygens (including phenoxy) is 1. The number of hydrogen-bond donors (Lipinski definition) is 1. The minimum absolute atomic E-state index is 0.220. The highest BCUT2D eigenvalue weighted by Crippen LogP contribution is 2.18. The Kier molecular flexibility index (Phi) is 4.06. The predicted octanol–water partition coefficient (Wildman–Crippen LogP) is 4.22. The van der Waals surface area contributed by atoms with E-state index in [0.717, 1.165) is 26.5 Å². The summed E-state index contributed by atoms with van der Waals surface area (Å²) in [6, 6.07) is 15.7. The molecule has 2 aromatic carbocycles. The number of aromatic nitrogens is 1. The van der Waals surface area contributed by atoms with Gasteiger partial charge in [-0.25, -0.2) is 0 Å². The zero-order valence-electron chi connectivity index (χ0n) is 11.3. The molecular weight excluding hydrogens is 330 g/mol. The van der Waals surface area contributed by atoms with Gasteiger partial charge in [0.15, 0.2) is 0 Å². The van der Waals surface area contributed by atoms with Crippen molar-refractivity contribution in [1.82, 2.24) is 4.98 Å². The Morgan fingerprint density at radius 1 is 1.10 bits per heavy atom. The number of aromatic amines is 1. The fraction of sp³-hybridized carbons (Fsp3) is 0.118. The molecule has 3 nitrogen and oxygen atoms in total. The van der Waals surface area contributed by atoms with Gasteiger partial charge in [-0.2, -0.15) is 0 Å². The van der Waals surface area contributed by atoms with Gasteiger partial charge in [0.25, 0.3) is 0 Å². The maximum absolute atomic E-state index is 11.9. The lowest BCUT2D eigenvalue weighted by atomic mass is 10.1. The largest absolute Gasteiger partial charge is 0.461 e. The minimum Gasteiger partial charge on any atom is -0.461 e. The molecule has 0 amide bonds. The molecule has 4 heteroatoms. The number of rotatable bonds is 4. The van der Waals surface area contributed by atoms with Crippen molar-refractivity contribution in [3.8, 4) is 0 Å². The average Bonchev–Trinajstić information content (AvgIpc) is 2.90. The molecule has 0 bridgehead atoms. The summed E-state index contributed by atoms with van der Waals surface area (Å²) >= 11 is 3.38. The molecule has 1 heterocycles. The fourth-order valence-corrected chi connectivity index (χ4v) is 2.49. The Hall–Kier alpha value is -2.07. The first kappa shape index (κ1) is 13.9. The maximum Gasteiger partial charge on any atom is 0.310 e. The maximum atomic E-state index is 11.9. The average molecular weight is 344 g/mol. The molecule has 0 aliphatic heterocycles. The number of carbonyl (C=O) groups excluding carboxylic acids is 1. The lowest BCUT2D eigenvalue weighted by Gasteiger charge is -2.05. The first-order valence-electron chi connectivity index (χ1n) is 6.67. The van der Waals surface area contributed by atoms with Crippen molar-refractivity contribution >= 4 is 32.8 Å². The van der Waals surface area contributed by atoms with Gasteiger partial charge in [0.1, 0.15) is 6.61 Å². The Labute approximate surface area is 131 Å². The van der Waals surface area contributed by atoms with E-state index >= 15 is 0 Å². The van der Waals surface area contributed by atoms with E-state index in [2.05, 4.69) is 20.9 Å². The molecular formula is C17H14BrNO2. The zero-order chi connectivity index (χ0) is 14.7. The number of H-pyrrole nitrogens is 1. The second-order valence-corrected chi connectivity index (χ2v) is 5.74. The molecule has 0 spiro atoms. The van der Waals surface area contributed by atoms with Crippen LogP contribution in [0.5, 0.6) is 0 Å². The van der Waals surface area contributed by atoms with Gasteiger partial charge in [0, 0.05) is 21.6 Å². The first-order chi connectivity index (χ1) is 10.2. The Morgan fingerprint density at radius 2 is 1.86 bits per heavy atom. The van der Waals surface area contributed by atoms with Crippen LogP contribution in [-0.4, -0.2) is 11.0 Å². The van der Waals surface area contributed by atoms with E-state index < -0.39 is 0 Å². The molecule has 0 atom stereocenters. The van der Waals surface area contributed by atoms with E-state index in [1.807, 2.05) is 54.7 Å². The van der Waals surface area contributed by atoms with Crippen LogP contribution in [0.4, 0.5) is 0 Å². The van der Waals surface area contributed by atoms with E-state index in [-0.39, 0.29) is 12.4 Å². The van der Waals surface area contributed by atoms with Crippen LogP contribution in [-0.2, 0) is 22.6 Å². The van der Waals surface area contributed by atoms with Crippen molar-refractivity contribution in [2.75, 3.05) is 0 Å². The quantitative estimate of drug-likeness (QED) is 0.720. The molecule has 1 aromatic heterocycles. The molecule has 0 radical (unpaired) electrons. The van der Waals surface area contributed by atoms with Crippen LogP contribution in [0.1, 0.15) is 11.1 Å². The highest BCUT2D eigenvalue weighted by Gasteiger charge is 2.09. The molecule has 3 rings (SSSR count). The summed E-state index contributed by atoms with van der Waals surface area (Å²) in [5.74, 6) is -0.220. The summed E-state index contributed by atoms with van der Waals surface area (Å²) in [6.45, 7) is 0.300. The van der Waals surface area contributed by atoms with E-state index in [1.165, 1.54) is 0 Å². The van der Waals surface area contributed by atoms with Gasteiger partial charge < -0.3 is 9.72 Å². The third-order valence-corrected chi connectivity index (χ3v) is 3.85. The van der Waals surface area contributed by atoms with Crippen LogP contribution >= 0.6 is 15.9 Å². The number of carbonyl (C=O) groups is 1. The van der Waals surface area contributed by atoms with E-state index in [1.54, 1.807) is 0 Å². The molecule has 0 unspecified atom stereocenters. The number of para-hydroxylation sites is 1. The summed E-state index contributed by atoms with van der Waals surface area (Å²) in [7, 11) is 0. The van der Waals surface area contributed by atoms with Crippen molar-refractivity contribution in [1.29, 1.82) is 0 Å². The third-order valence-electron chi connectivity index (χ3n) is 3.32. The second kappa shape index (κ2) is 6.14. The van der Waals surface area contributed by atoms with Crippen molar-refractivity contribution < 1.29 is 9.53 Å². The van der Waals surface area contributed by atoms with E-state index in [4.69, 9.17) is 4.74 Å². The van der Waals surface area contributed by atoms with Crippen molar-refractivity contribution in [3.05, 3.63) is 70.3 Å². The van der Waals surface area contributed by atoms with Crippen LogP contribution in [0.2, 0.25) is 0 Å². The van der Waals surface area contributed by atoms with Crippen LogP contribution in [0, 0.1) is 0 Å². The number of nitrogens with one attached hydrogen (secondary N) is 1. The third kappa shape index (κ3) is 3.34. The summed E-state index contributed by atoms with van der Waals surface area (Å²) in [4.78, 5) is 15.1. The number of fused-ring (bicyclic) bond motifs is 1. The van der Waals surface area contributed by atoms with Crippen LogP contribution in [0.3, 0.4) is 0 Å². The van der Waals surface area contributed by atoms with Crippen LogP contribution < -0.4 is 0 Å². The van der Waals surface area contributed by atoms with Gasteiger partial charge in [-0.1, -0.05) is 46.3 Å². The predicted molar refractivity (Wildman–Crippen MR) is 85.9 cm³/mol. The van der Waals surface area contributed by atoms with Crippen LogP contribution in [0.25, 0.3) is 10.9 Å². The lowest BCUT2D eigenvalue weighted by Crippen LogP contribution is -2.07. The highest BCUT2D eigenvalue weighted by molar-refractivity contribution is 9.10. The Balaban J connectivity index is 1.62. The highest BCUT2D eigenvalue weighted by atomic mass is 79.9. The zero-order valence-corrected chi connectivity index (χ0v) is 12.9. The lowest BCUT2D eigenvalue weighted by molar-refractivity contribution is -0.144. The number of benzene rings is 2. The number of hydrogen-bond acceptors (Lipinski definition) is 2. The molecule has 1 N–H and O–H groups in total. The topological polar surface area (TPSA) is 42.1 Å². The smallest absolute Gasteiger partial charge is 0.310 e. The standard InChI is InChI=1S/C17H14BrNO2/c18-14-7-5-12(6-8-14)11-21-17(20)9-13-10-19-16-4-2-1-3-15(13)16/h1-8,10,19H,9,11H2. The van der Waals surface area contributed by atoms with Gasteiger partial charge in [-0.3, -0.25) is 4.79 Å². The van der Waals surface area contributed by atoms with Gasteiger partial charge in [-0.05, 0) is 29.3 Å². The van der Waals surface area contributed by atoms with Crippen LogP contribution in [0.15, 0.2) is 59.2 Å². The van der Waals surface area contributed by atoms with Gasteiger partial charge in [0.2, 0.25) is 0 Å². The van der Waals surface area contributed by atoms with Crippen molar-refractivity contribution in [2.45, 2.75) is 13.0 Å². The monoisotopic (exact) mass is 343 g/mol. The molecule has 3 aromatic rings. The second-order valence-electron chi connectivity index (χ2n) is 4.82. The summed E-state index contributed by atoms with van der Waals surface area (Å²) < 4.78 is 6.33.